The van der Waals surface area contributed by atoms with Crippen LogP contribution in [0.3, 0.4) is 0 Å². The van der Waals surface area contributed by atoms with Gasteiger partial charge in [-0.05, 0) is 38.0 Å². The lowest BCUT2D eigenvalue weighted by molar-refractivity contribution is -0.117. The third kappa shape index (κ3) is 1.72. The topological polar surface area (TPSA) is 46.9 Å². The van der Waals surface area contributed by atoms with E-state index >= 15 is 0 Å². The minimum Gasteiger partial charge on any atom is -0.311 e. The Morgan fingerprint density at radius 3 is 2.88 bits per heavy atom. The van der Waals surface area contributed by atoms with Gasteiger partial charge in [-0.1, -0.05) is 0 Å². The minimum absolute atomic E-state index is 0.180. The fraction of sp³-hybridized carbons (Fsp3) is 0.667. The van der Waals surface area contributed by atoms with Gasteiger partial charge in [-0.3, -0.25) is 9.48 Å². The molecule has 2 atom stereocenters. The van der Waals surface area contributed by atoms with E-state index in [1.807, 2.05) is 20.0 Å². The molecule has 4 heteroatoms. The highest BCUT2D eigenvalue weighted by Gasteiger charge is 2.51. The number of aromatic nitrogens is 2. The van der Waals surface area contributed by atoms with Crippen molar-refractivity contribution in [2.75, 3.05) is 5.32 Å². The van der Waals surface area contributed by atoms with Crippen molar-refractivity contribution in [1.29, 1.82) is 0 Å². The molecule has 1 amide bonds. The van der Waals surface area contributed by atoms with E-state index in [0.717, 1.165) is 23.9 Å². The van der Waals surface area contributed by atoms with Gasteiger partial charge in [0, 0.05) is 19.0 Å². The molecular formula is C12H17N3O. The molecule has 1 aromatic heterocycles. The molecule has 2 aliphatic rings. The van der Waals surface area contributed by atoms with Crippen LogP contribution in [-0.4, -0.2) is 15.7 Å². The Labute approximate surface area is 95.0 Å². The zero-order valence-corrected chi connectivity index (χ0v) is 9.73. The van der Waals surface area contributed by atoms with Gasteiger partial charge in [0.05, 0.1) is 5.69 Å². The lowest BCUT2D eigenvalue weighted by Gasteiger charge is -2.04. The van der Waals surface area contributed by atoms with Gasteiger partial charge < -0.3 is 5.32 Å². The zero-order chi connectivity index (χ0) is 11.3. The molecule has 1 aromatic rings. The summed E-state index contributed by atoms with van der Waals surface area (Å²) in [6.45, 7) is 1.93. The lowest BCUT2D eigenvalue weighted by atomic mass is 10.2. The van der Waals surface area contributed by atoms with E-state index in [1.54, 1.807) is 4.68 Å². The van der Waals surface area contributed by atoms with Crippen LogP contribution in [-0.2, 0) is 11.8 Å². The lowest BCUT2D eigenvalue weighted by Crippen LogP contribution is -2.17. The normalized spacial score (nSPS) is 27.9. The smallest absolute Gasteiger partial charge is 0.228 e. The van der Waals surface area contributed by atoms with Crippen molar-refractivity contribution < 1.29 is 4.79 Å². The standard InChI is InChI=1S/C12H17N3O/c1-7-5-11(15(2)14-7)13-12(16)10-6-9(10)8-3-4-8/h5,8-10H,3-4,6H2,1-2H3,(H,13,16). The van der Waals surface area contributed by atoms with E-state index in [1.165, 1.54) is 12.8 Å². The van der Waals surface area contributed by atoms with Gasteiger partial charge in [-0.15, -0.1) is 0 Å². The number of aryl methyl sites for hydroxylation is 2. The fourth-order valence-electron chi connectivity index (χ4n) is 2.51. The second-order valence-electron chi connectivity index (χ2n) is 5.13. The highest BCUT2D eigenvalue weighted by Crippen LogP contribution is 2.54. The average Bonchev–Trinajstić information content (AvgIpc) is 3.09. The number of nitrogens with zero attached hydrogens (tertiary/aromatic N) is 2. The summed E-state index contributed by atoms with van der Waals surface area (Å²) in [5.41, 5.74) is 0.937. The Morgan fingerprint density at radius 2 is 2.31 bits per heavy atom. The Bertz CT molecular complexity index is 433. The second kappa shape index (κ2) is 3.34. The summed E-state index contributed by atoms with van der Waals surface area (Å²) in [6.07, 6.45) is 3.76. The van der Waals surface area contributed by atoms with E-state index in [2.05, 4.69) is 10.4 Å². The maximum atomic E-state index is 11.9. The number of carbonyl (C=O) groups excluding carboxylic acids is 1. The molecule has 0 aliphatic heterocycles. The van der Waals surface area contributed by atoms with Crippen LogP contribution in [0.4, 0.5) is 5.82 Å². The number of amides is 1. The first-order valence-corrected chi connectivity index (χ1v) is 5.96. The van der Waals surface area contributed by atoms with Crippen LogP contribution in [0, 0.1) is 24.7 Å². The number of nitrogens with one attached hydrogen (secondary N) is 1. The molecule has 4 nitrogen and oxygen atoms in total. The Balaban J connectivity index is 1.62. The minimum atomic E-state index is 0.180. The van der Waals surface area contributed by atoms with E-state index in [-0.39, 0.29) is 11.8 Å². The molecule has 0 aromatic carbocycles. The van der Waals surface area contributed by atoms with E-state index in [9.17, 15) is 4.79 Å². The SMILES string of the molecule is Cc1cc(NC(=O)C2CC2C2CC2)n(C)n1. The monoisotopic (exact) mass is 219 g/mol. The molecule has 1 heterocycles. The maximum absolute atomic E-state index is 11.9. The van der Waals surface area contributed by atoms with Gasteiger partial charge in [0.1, 0.15) is 5.82 Å². The maximum Gasteiger partial charge on any atom is 0.228 e. The van der Waals surface area contributed by atoms with Crippen LogP contribution in [0.15, 0.2) is 6.07 Å². The molecular weight excluding hydrogens is 202 g/mol. The van der Waals surface area contributed by atoms with Crippen LogP contribution in [0.5, 0.6) is 0 Å². The van der Waals surface area contributed by atoms with Crippen molar-refractivity contribution in [2.24, 2.45) is 24.8 Å². The molecule has 2 saturated carbocycles. The number of hydrogen-bond donors (Lipinski definition) is 1. The predicted octanol–water partition coefficient (Wildman–Crippen LogP) is 1.71. The molecule has 1 N–H and O–H groups in total. The summed E-state index contributed by atoms with van der Waals surface area (Å²) in [7, 11) is 1.86. The third-order valence-electron chi connectivity index (χ3n) is 3.66. The number of anilines is 1. The van der Waals surface area contributed by atoms with Gasteiger partial charge >= 0.3 is 0 Å². The molecule has 0 radical (unpaired) electrons. The number of hydrogen-bond acceptors (Lipinski definition) is 2. The van der Waals surface area contributed by atoms with Gasteiger partial charge in [-0.25, -0.2) is 0 Å². The second-order valence-corrected chi connectivity index (χ2v) is 5.13. The van der Waals surface area contributed by atoms with Crippen molar-refractivity contribution in [3.63, 3.8) is 0 Å². The van der Waals surface area contributed by atoms with Crippen molar-refractivity contribution in [1.82, 2.24) is 9.78 Å². The highest BCUT2D eigenvalue weighted by molar-refractivity contribution is 5.93. The Kier molecular flexibility index (Phi) is 2.06. The van der Waals surface area contributed by atoms with E-state index in [0.29, 0.717) is 5.92 Å². The summed E-state index contributed by atoms with van der Waals surface area (Å²) < 4.78 is 1.72. The molecule has 0 spiro atoms. The molecule has 16 heavy (non-hydrogen) atoms. The number of carbonyl (C=O) groups is 1. The molecule has 0 saturated heterocycles. The summed E-state index contributed by atoms with van der Waals surface area (Å²) in [5.74, 6) is 2.78. The van der Waals surface area contributed by atoms with Crippen LogP contribution < -0.4 is 5.32 Å². The van der Waals surface area contributed by atoms with Crippen LogP contribution in [0.1, 0.15) is 25.0 Å². The fourth-order valence-corrected chi connectivity index (χ4v) is 2.51. The number of rotatable bonds is 3. The van der Waals surface area contributed by atoms with Crippen molar-refractivity contribution >= 4 is 11.7 Å². The van der Waals surface area contributed by atoms with E-state index in [4.69, 9.17) is 0 Å². The molecule has 3 rings (SSSR count). The molecule has 86 valence electrons. The summed E-state index contributed by atoms with van der Waals surface area (Å²) in [4.78, 5) is 11.9. The molecule has 0 bridgehead atoms. The third-order valence-corrected chi connectivity index (χ3v) is 3.66. The quantitative estimate of drug-likeness (QED) is 0.841. The van der Waals surface area contributed by atoms with Crippen LogP contribution >= 0.6 is 0 Å². The van der Waals surface area contributed by atoms with Gasteiger partial charge in [0.2, 0.25) is 5.91 Å². The first kappa shape index (κ1) is 9.87. The summed E-state index contributed by atoms with van der Waals surface area (Å²) >= 11 is 0. The van der Waals surface area contributed by atoms with E-state index < -0.39 is 0 Å². The predicted molar refractivity (Wildman–Crippen MR) is 60.9 cm³/mol. The summed E-state index contributed by atoms with van der Waals surface area (Å²) in [6, 6.07) is 1.91. The Morgan fingerprint density at radius 1 is 1.56 bits per heavy atom. The molecule has 2 aliphatic carbocycles. The van der Waals surface area contributed by atoms with Crippen LogP contribution in [0.2, 0.25) is 0 Å². The average molecular weight is 219 g/mol. The van der Waals surface area contributed by atoms with Crippen molar-refractivity contribution in [2.45, 2.75) is 26.2 Å². The Hall–Kier alpha value is -1.32. The first-order valence-electron chi connectivity index (χ1n) is 5.96. The van der Waals surface area contributed by atoms with Gasteiger partial charge in [0.25, 0.3) is 0 Å². The van der Waals surface area contributed by atoms with Crippen molar-refractivity contribution in [3.05, 3.63) is 11.8 Å². The first-order chi connectivity index (χ1) is 7.65. The summed E-state index contributed by atoms with van der Waals surface area (Å²) in [5, 5.41) is 7.18. The van der Waals surface area contributed by atoms with Gasteiger partial charge in [-0.2, -0.15) is 5.10 Å². The molecule has 2 fully saturated rings. The van der Waals surface area contributed by atoms with Crippen molar-refractivity contribution in [3.8, 4) is 0 Å². The highest BCUT2D eigenvalue weighted by atomic mass is 16.2. The van der Waals surface area contributed by atoms with Crippen LogP contribution in [0.25, 0.3) is 0 Å². The zero-order valence-electron chi connectivity index (χ0n) is 9.73. The van der Waals surface area contributed by atoms with Gasteiger partial charge in [0.15, 0.2) is 0 Å². The molecule has 2 unspecified atom stereocenters. The largest absolute Gasteiger partial charge is 0.311 e.